The van der Waals surface area contributed by atoms with E-state index in [1.54, 1.807) is 13.8 Å². The molecule has 0 bridgehead atoms. The van der Waals surface area contributed by atoms with Gasteiger partial charge in [-0.25, -0.2) is 4.79 Å². The lowest BCUT2D eigenvalue weighted by molar-refractivity contribution is -0.145. The summed E-state index contributed by atoms with van der Waals surface area (Å²) in [4.78, 5) is 11.4. The first-order valence-electron chi connectivity index (χ1n) is 5.57. The summed E-state index contributed by atoms with van der Waals surface area (Å²) in [6, 6.07) is 0. The van der Waals surface area contributed by atoms with E-state index in [0.717, 1.165) is 10.9 Å². The van der Waals surface area contributed by atoms with Gasteiger partial charge >= 0.3 is 12.1 Å². The van der Waals surface area contributed by atoms with Crippen LogP contribution in [0.2, 0.25) is 0 Å². The second kappa shape index (κ2) is 5.41. The fraction of sp³-hybridized carbons (Fsp3) is 0.636. The number of carbonyl (C=O) groups excluding carboxylic acids is 1. The van der Waals surface area contributed by atoms with E-state index in [-0.39, 0.29) is 19.1 Å². The molecule has 4 nitrogen and oxygen atoms in total. The van der Waals surface area contributed by atoms with E-state index in [1.165, 1.54) is 6.92 Å². The molecular formula is C11H15F3N2O2. The Morgan fingerprint density at radius 1 is 1.50 bits per heavy atom. The van der Waals surface area contributed by atoms with Gasteiger partial charge in [0.2, 0.25) is 0 Å². The fourth-order valence-electron chi connectivity index (χ4n) is 1.53. The van der Waals surface area contributed by atoms with E-state index in [0.29, 0.717) is 0 Å². The summed E-state index contributed by atoms with van der Waals surface area (Å²) in [5.41, 5.74) is -1.58. The van der Waals surface area contributed by atoms with Crippen LogP contribution in [0.25, 0.3) is 0 Å². The highest BCUT2D eigenvalue weighted by molar-refractivity contribution is 5.90. The van der Waals surface area contributed by atoms with Crippen LogP contribution in [0.4, 0.5) is 13.2 Å². The number of hydrogen-bond donors (Lipinski definition) is 0. The van der Waals surface area contributed by atoms with Crippen LogP contribution < -0.4 is 0 Å². The average Bonchev–Trinajstić information content (AvgIpc) is 2.60. The van der Waals surface area contributed by atoms with Gasteiger partial charge in [0.1, 0.15) is 5.56 Å². The number of carbonyl (C=O) groups is 1. The highest BCUT2D eigenvalue weighted by Gasteiger charge is 2.40. The molecule has 0 atom stereocenters. The number of aromatic nitrogens is 2. The maximum Gasteiger partial charge on any atom is 0.433 e. The van der Waals surface area contributed by atoms with E-state index in [4.69, 9.17) is 0 Å². The number of halogens is 3. The fourth-order valence-corrected chi connectivity index (χ4v) is 1.53. The minimum absolute atomic E-state index is 0.0129. The molecule has 0 aliphatic rings. The molecule has 0 saturated carbocycles. The van der Waals surface area contributed by atoms with Crippen LogP contribution in [0.3, 0.4) is 0 Å². The third-order valence-electron chi connectivity index (χ3n) is 2.14. The van der Waals surface area contributed by atoms with Crippen LogP contribution in [-0.2, 0) is 17.5 Å². The molecule has 0 radical (unpaired) electrons. The molecule has 18 heavy (non-hydrogen) atoms. The summed E-state index contributed by atoms with van der Waals surface area (Å²) in [7, 11) is 0. The predicted octanol–water partition coefficient (Wildman–Crippen LogP) is 2.73. The molecule has 0 N–H and O–H groups in total. The molecule has 0 amide bonds. The summed E-state index contributed by atoms with van der Waals surface area (Å²) in [6.45, 7) is 5.18. The Kier molecular flexibility index (Phi) is 4.37. The molecule has 0 saturated heterocycles. The highest BCUT2D eigenvalue weighted by atomic mass is 19.4. The van der Waals surface area contributed by atoms with Crippen molar-refractivity contribution in [1.29, 1.82) is 0 Å². The Morgan fingerprint density at radius 2 is 2.11 bits per heavy atom. The minimum atomic E-state index is -4.63. The maximum absolute atomic E-state index is 12.9. The van der Waals surface area contributed by atoms with Crippen LogP contribution in [0, 0.1) is 5.92 Å². The zero-order valence-corrected chi connectivity index (χ0v) is 10.4. The minimum Gasteiger partial charge on any atom is -0.462 e. The van der Waals surface area contributed by atoms with E-state index >= 15 is 0 Å². The molecule has 102 valence electrons. The van der Waals surface area contributed by atoms with E-state index < -0.39 is 23.4 Å². The monoisotopic (exact) mass is 264 g/mol. The van der Waals surface area contributed by atoms with E-state index in [1.807, 2.05) is 0 Å². The molecule has 0 spiro atoms. The van der Waals surface area contributed by atoms with Gasteiger partial charge in [0, 0.05) is 6.54 Å². The molecule has 1 rings (SSSR count). The molecule has 7 heteroatoms. The zero-order chi connectivity index (χ0) is 13.9. The average molecular weight is 264 g/mol. The quantitative estimate of drug-likeness (QED) is 0.785. The number of rotatable bonds is 4. The second-order valence-corrected chi connectivity index (χ2v) is 4.20. The van der Waals surface area contributed by atoms with Gasteiger partial charge in [-0.2, -0.15) is 18.3 Å². The van der Waals surface area contributed by atoms with Gasteiger partial charge in [0.15, 0.2) is 5.69 Å². The Bertz CT molecular complexity index is 424. The largest absolute Gasteiger partial charge is 0.462 e. The molecule has 0 aliphatic heterocycles. The van der Waals surface area contributed by atoms with Gasteiger partial charge in [-0.15, -0.1) is 0 Å². The van der Waals surface area contributed by atoms with Crippen LogP contribution in [0.1, 0.15) is 36.8 Å². The molecule has 1 heterocycles. The number of nitrogens with zero attached hydrogens (tertiary/aromatic N) is 2. The second-order valence-electron chi connectivity index (χ2n) is 4.20. The predicted molar refractivity (Wildman–Crippen MR) is 58.0 cm³/mol. The Hall–Kier alpha value is -1.53. The number of alkyl halides is 3. The van der Waals surface area contributed by atoms with Crippen LogP contribution in [-0.4, -0.2) is 22.4 Å². The highest BCUT2D eigenvalue weighted by Crippen LogP contribution is 2.32. The van der Waals surface area contributed by atoms with Crippen molar-refractivity contribution >= 4 is 5.97 Å². The summed E-state index contributed by atoms with van der Waals surface area (Å²) >= 11 is 0. The first kappa shape index (κ1) is 14.5. The van der Waals surface area contributed by atoms with Crippen LogP contribution >= 0.6 is 0 Å². The van der Waals surface area contributed by atoms with E-state index in [2.05, 4.69) is 9.84 Å². The lowest BCUT2D eigenvalue weighted by Crippen LogP contribution is -2.20. The van der Waals surface area contributed by atoms with Crippen molar-refractivity contribution in [3.05, 3.63) is 17.5 Å². The molecule has 0 fully saturated rings. The molecule has 0 aromatic carbocycles. The van der Waals surface area contributed by atoms with Crippen LogP contribution in [0.5, 0.6) is 0 Å². The normalized spacial score (nSPS) is 11.9. The Labute approximate surface area is 103 Å². The summed E-state index contributed by atoms with van der Waals surface area (Å²) in [6.07, 6.45) is -3.73. The Balaban J connectivity index is 3.20. The molecule has 1 aromatic rings. The molecular weight excluding hydrogens is 249 g/mol. The third kappa shape index (κ3) is 3.24. The van der Waals surface area contributed by atoms with Crippen molar-refractivity contribution in [3.63, 3.8) is 0 Å². The lowest BCUT2D eigenvalue weighted by atomic mass is 10.2. The van der Waals surface area contributed by atoms with Gasteiger partial charge in [0.25, 0.3) is 0 Å². The first-order chi connectivity index (χ1) is 8.27. The van der Waals surface area contributed by atoms with Crippen molar-refractivity contribution in [3.8, 4) is 0 Å². The first-order valence-corrected chi connectivity index (χ1v) is 5.57. The topological polar surface area (TPSA) is 44.1 Å². The number of hydrogen-bond acceptors (Lipinski definition) is 3. The molecule has 0 unspecified atom stereocenters. The summed E-state index contributed by atoms with van der Waals surface area (Å²) in [5, 5.41) is 3.62. The van der Waals surface area contributed by atoms with Crippen molar-refractivity contribution in [2.75, 3.05) is 6.61 Å². The zero-order valence-electron chi connectivity index (χ0n) is 10.4. The van der Waals surface area contributed by atoms with Crippen molar-refractivity contribution in [1.82, 2.24) is 9.78 Å². The summed E-state index contributed by atoms with van der Waals surface area (Å²) < 4.78 is 44.2. The molecule has 0 aliphatic carbocycles. The smallest absolute Gasteiger partial charge is 0.433 e. The SMILES string of the molecule is CCOC(=O)c1cnn(CC(C)C)c1C(F)(F)F. The lowest BCUT2D eigenvalue weighted by Gasteiger charge is -2.13. The van der Waals surface area contributed by atoms with Gasteiger partial charge in [-0.05, 0) is 12.8 Å². The van der Waals surface area contributed by atoms with Crippen molar-refractivity contribution in [2.24, 2.45) is 5.92 Å². The van der Waals surface area contributed by atoms with Crippen LogP contribution in [0.15, 0.2) is 6.20 Å². The Morgan fingerprint density at radius 3 is 2.56 bits per heavy atom. The molecule has 1 aromatic heterocycles. The van der Waals surface area contributed by atoms with Crippen molar-refractivity contribution in [2.45, 2.75) is 33.5 Å². The van der Waals surface area contributed by atoms with Crippen molar-refractivity contribution < 1.29 is 22.7 Å². The number of esters is 1. The van der Waals surface area contributed by atoms with Gasteiger partial charge in [-0.3, -0.25) is 4.68 Å². The standard InChI is InChI=1S/C11H15F3N2O2/c1-4-18-10(17)8-5-15-16(6-7(2)3)9(8)11(12,13)14/h5,7H,4,6H2,1-3H3. The van der Waals surface area contributed by atoms with Gasteiger partial charge < -0.3 is 4.74 Å². The van der Waals surface area contributed by atoms with Gasteiger partial charge in [-0.1, -0.05) is 13.8 Å². The summed E-state index contributed by atoms with van der Waals surface area (Å²) in [5.74, 6) is -1.01. The third-order valence-corrected chi connectivity index (χ3v) is 2.14. The maximum atomic E-state index is 12.9. The number of ether oxygens (including phenoxy) is 1. The van der Waals surface area contributed by atoms with E-state index in [9.17, 15) is 18.0 Å². The van der Waals surface area contributed by atoms with Gasteiger partial charge in [0.05, 0.1) is 12.8 Å².